The molecule has 0 N–H and O–H groups in total. The fourth-order valence-electron chi connectivity index (χ4n) is 1.19. The molecule has 0 amide bonds. The van der Waals surface area contributed by atoms with Gasteiger partial charge in [-0.1, -0.05) is 0 Å². The second kappa shape index (κ2) is 4.18. The highest BCUT2D eigenvalue weighted by molar-refractivity contribution is 5.56. The third kappa shape index (κ3) is 1.95. The van der Waals surface area contributed by atoms with Crippen LogP contribution in [0.2, 0.25) is 0 Å². The molecule has 0 saturated heterocycles. The molecule has 0 saturated carbocycles. The summed E-state index contributed by atoms with van der Waals surface area (Å²) in [6.45, 7) is 1.66. The average molecular weight is 220 g/mol. The summed E-state index contributed by atoms with van der Waals surface area (Å²) in [5.74, 6) is 0.574. The maximum absolute atomic E-state index is 13.6. The predicted octanol–water partition coefficient (Wildman–Crippen LogP) is 1.39. The number of aromatic nitrogens is 4. The van der Waals surface area contributed by atoms with Gasteiger partial charge in [0, 0.05) is 6.07 Å². The highest BCUT2D eigenvalue weighted by Crippen LogP contribution is 2.22. The molecule has 5 nitrogen and oxygen atoms in total. The van der Waals surface area contributed by atoms with Crippen LogP contribution in [0.25, 0.3) is 11.4 Å². The normalized spacial score (nSPS) is 10.2. The van der Waals surface area contributed by atoms with E-state index < -0.39 is 5.82 Å². The van der Waals surface area contributed by atoms with E-state index in [4.69, 9.17) is 4.74 Å². The van der Waals surface area contributed by atoms with Crippen LogP contribution in [0.4, 0.5) is 4.39 Å². The second-order valence-electron chi connectivity index (χ2n) is 3.12. The fraction of sp³-hybridized carbons (Fsp3) is 0.200. The number of rotatable bonds is 2. The van der Waals surface area contributed by atoms with E-state index in [-0.39, 0.29) is 11.4 Å². The zero-order chi connectivity index (χ0) is 11.5. The summed E-state index contributed by atoms with van der Waals surface area (Å²) in [6.07, 6.45) is 0. The summed E-state index contributed by atoms with van der Waals surface area (Å²) < 4.78 is 18.5. The molecule has 0 unspecified atom stereocenters. The first kappa shape index (κ1) is 10.4. The van der Waals surface area contributed by atoms with Gasteiger partial charge in [-0.15, -0.1) is 20.4 Å². The lowest BCUT2D eigenvalue weighted by atomic mass is 10.2. The van der Waals surface area contributed by atoms with E-state index in [0.29, 0.717) is 11.6 Å². The van der Waals surface area contributed by atoms with E-state index in [2.05, 4.69) is 20.4 Å². The number of hydrogen-bond donors (Lipinski definition) is 0. The van der Waals surface area contributed by atoms with E-state index in [0.717, 1.165) is 0 Å². The molecule has 0 aliphatic heterocycles. The second-order valence-corrected chi connectivity index (χ2v) is 3.12. The maximum atomic E-state index is 13.6. The molecular weight excluding hydrogens is 211 g/mol. The van der Waals surface area contributed by atoms with Gasteiger partial charge in [0.15, 0.2) is 5.82 Å². The van der Waals surface area contributed by atoms with Gasteiger partial charge in [0.1, 0.15) is 11.6 Å². The summed E-state index contributed by atoms with van der Waals surface area (Å²) in [4.78, 5) is 0. The molecule has 0 aliphatic carbocycles. The fourth-order valence-corrected chi connectivity index (χ4v) is 1.19. The van der Waals surface area contributed by atoms with E-state index in [1.165, 1.54) is 19.2 Å². The summed E-state index contributed by atoms with van der Waals surface area (Å²) in [5, 5.41) is 15.0. The minimum atomic E-state index is -0.466. The van der Waals surface area contributed by atoms with Crippen molar-refractivity contribution in [3.05, 3.63) is 29.8 Å². The van der Waals surface area contributed by atoms with Gasteiger partial charge >= 0.3 is 0 Å². The number of ether oxygens (including phenoxy) is 1. The Bertz CT molecular complexity index is 501. The zero-order valence-corrected chi connectivity index (χ0v) is 8.81. The van der Waals surface area contributed by atoms with Crippen LogP contribution in [-0.4, -0.2) is 27.5 Å². The van der Waals surface area contributed by atoms with Gasteiger partial charge in [-0.25, -0.2) is 4.39 Å². The average Bonchev–Trinajstić information content (AvgIpc) is 2.30. The van der Waals surface area contributed by atoms with Gasteiger partial charge in [-0.3, -0.25) is 0 Å². The molecule has 0 aliphatic rings. The van der Waals surface area contributed by atoms with E-state index in [1.807, 2.05) is 0 Å². The van der Waals surface area contributed by atoms with Crippen molar-refractivity contribution in [3.63, 3.8) is 0 Å². The smallest absolute Gasteiger partial charge is 0.206 e. The molecular formula is C10H9FN4O. The van der Waals surface area contributed by atoms with Crippen LogP contribution in [0.5, 0.6) is 5.75 Å². The Balaban J connectivity index is 2.44. The van der Waals surface area contributed by atoms with Crippen molar-refractivity contribution in [1.29, 1.82) is 0 Å². The lowest BCUT2D eigenvalue weighted by Crippen LogP contribution is -2.00. The molecule has 2 aromatic rings. The third-order valence-corrected chi connectivity index (χ3v) is 2.00. The molecule has 0 bridgehead atoms. The first-order chi connectivity index (χ1) is 7.70. The van der Waals surface area contributed by atoms with Crippen molar-refractivity contribution >= 4 is 0 Å². The Labute approximate surface area is 91.3 Å². The van der Waals surface area contributed by atoms with E-state index in [1.54, 1.807) is 13.0 Å². The van der Waals surface area contributed by atoms with Crippen LogP contribution >= 0.6 is 0 Å². The van der Waals surface area contributed by atoms with E-state index >= 15 is 0 Å². The standard InChI is InChI=1S/C10H9FN4O/c1-6-12-14-10(15-13-6)8-4-3-7(16-2)5-9(8)11/h3-5H,1-2H3. The van der Waals surface area contributed by atoms with Gasteiger partial charge in [0.25, 0.3) is 0 Å². The van der Waals surface area contributed by atoms with E-state index in [9.17, 15) is 4.39 Å². The van der Waals surface area contributed by atoms with Crippen LogP contribution in [-0.2, 0) is 0 Å². The molecule has 0 spiro atoms. The van der Waals surface area contributed by atoms with Gasteiger partial charge in [-0.05, 0) is 19.1 Å². The van der Waals surface area contributed by atoms with Crippen molar-refractivity contribution in [2.45, 2.75) is 6.92 Å². The van der Waals surface area contributed by atoms with Crippen molar-refractivity contribution in [1.82, 2.24) is 20.4 Å². The minimum Gasteiger partial charge on any atom is -0.497 e. The van der Waals surface area contributed by atoms with Crippen LogP contribution in [0.1, 0.15) is 5.82 Å². The number of hydrogen-bond acceptors (Lipinski definition) is 5. The van der Waals surface area contributed by atoms with Gasteiger partial charge in [0.2, 0.25) is 5.82 Å². The number of halogens is 1. The van der Waals surface area contributed by atoms with Crippen LogP contribution in [0, 0.1) is 12.7 Å². The van der Waals surface area contributed by atoms with Crippen molar-refractivity contribution in [2.75, 3.05) is 7.11 Å². The summed E-state index contributed by atoms with van der Waals surface area (Å²) in [6, 6.07) is 4.42. The Morgan fingerprint density at radius 1 is 1.12 bits per heavy atom. The molecule has 6 heteroatoms. The lowest BCUT2D eigenvalue weighted by molar-refractivity contribution is 0.411. The van der Waals surface area contributed by atoms with Crippen molar-refractivity contribution in [2.24, 2.45) is 0 Å². The molecule has 2 rings (SSSR count). The molecule has 0 radical (unpaired) electrons. The first-order valence-corrected chi connectivity index (χ1v) is 4.58. The SMILES string of the molecule is COc1ccc(-c2nnc(C)nn2)c(F)c1. The molecule has 82 valence electrons. The number of nitrogens with zero attached hydrogens (tertiary/aromatic N) is 4. The van der Waals surface area contributed by atoms with Gasteiger partial charge in [0.05, 0.1) is 12.7 Å². The van der Waals surface area contributed by atoms with Crippen LogP contribution < -0.4 is 4.74 Å². The Morgan fingerprint density at radius 2 is 1.81 bits per heavy atom. The van der Waals surface area contributed by atoms with Gasteiger partial charge in [-0.2, -0.15) is 0 Å². The zero-order valence-electron chi connectivity index (χ0n) is 8.81. The first-order valence-electron chi connectivity index (χ1n) is 4.58. The Morgan fingerprint density at radius 3 is 2.38 bits per heavy atom. The quantitative estimate of drug-likeness (QED) is 0.765. The topological polar surface area (TPSA) is 60.8 Å². The van der Waals surface area contributed by atoms with Crippen LogP contribution in [0.3, 0.4) is 0 Å². The largest absolute Gasteiger partial charge is 0.497 e. The van der Waals surface area contributed by atoms with Gasteiger partial charge < -0.3 is 4.74 Å². The molecule has 1 heterocycles. The molecule has 0 fully saturated rings. The number of methoxy groups -OCH3 is 1. The monoisotopic (exact) mass is 220 g/mol. The highest BCUT2D eigenvalue weighted by atomic mass is 19.1. The highest BCUT2D eigenvalue weighted by Gasteiger charge is 2.10. The number of aryl methyl sites for hydroxylation is 1. The third-order valence-electron chi connectivity index (χ3n) is 2.00. The minimum absolute atomic E-state index is 0.158. The van der Waals surface area contributed by atoms with Crippen LogP contribution in [0.15, 0.2) is 18.2 Å². The maximum Gasteiger partial charge on any atom is 0.206 e. The summed E-state index contributed by atoms with van der Waals surface area (Å²) in [7, 11) is 1.47. The summed E-state index contributed by atoms with van der Waals surface area (Å²) in [5.41, 5.74) is 0.251. The molecule has 0 atom stereocenters. The lowest BCUT2D eigenvalue weighted by Gasteiger charge is -2.03. The van der Waals surface area contributed by atoms with Crippen molar-refractivity contribution < 1.29 is 9.13 Å². The Kier molecular flexibility index (Phi) is 2.72. The Hall–Kier alpha value is -2.11. The number of benzene rings is 1. The predicted molar refractivity (Wildman–Crippen MR) is 54.3 cm³/mol. The molecule has 1 aromatic heterocycles. The molecule has 16 heavy (non-hydrogen) atoms. The summed E-state index contributed by atoms with van der Waals surface area (Å²) >= 11 is 0. The molecule has 1 aromatic carbocycles. The van der Waals surface area contributed by atoms with Crippen molar-refractivity contribution in [3.8, 4) is 17.1 Å².